The Morgan fingerprint density at radius 2 is 1.90 bits per heavy atom. The molecule has 30 heavy (non-hydrogen) atoms. The highest BCUT2D eigenvalue weighted by Gasteiger charge is 2.42. The van der Waals surface area contributed by atoms with Crippen LogP contribution in [0.25, 0.3) is 11.3 Å². The van der Waals surface area contributed by atoms with Crippen molar-refractivity contribution in [3.05, 3.63) is 42.5 Å². The van der Waals surface area contributed by atoms with Crippen molar-refractivity contribution in [1.82, 2.24) is 25.1 Å². The molecule has 2 fully saturated rings. The Balaban J connectivity index is 1.43. The van der Waals surface area contributed by atoms with Crippen LogP contribution < -0.4 is 10.2 Å². The van der Waals surface area contributed by atoms with Crippen molar-refractivity contribution in [2.75, 3.05) is 38.6 Å². The van der Waals surface area contributed by atoms with E-state index in [9.17, 15) is 14.4 Å². The molecule has 0 bridgehead atoms. The predicted molar refractivity (Wildman–Crippen MR) is 106 cm³/mol. The zero-order chi connectivity index (χ0) is 21.4. The summed E-state index contributed by atoms with van der Waals surface area (Å²) in [7, 11) is 2.95. The fraction of sp³-hybridized carbons (Fsp3) is 0.350. The number of nitrogens with one attached hydrogen (secondary N) is 1. The largest absolute Gasteiger partial charge is 0.350 e. The number of anilines is 1. The SMILES string of the molecule is CN1C(=O)NCC(C(=O)N(C)C2CN(c3ncnc(-c4ccccc4)c3F)C2)C1=O. The Hall–Kier alpha value is -3.56. The molecule has 1 aromatic heterocycles. The van der Waals surface area contributed by atoms with E-state index in [1.165, 1.54) is 18.3 Å². The molecule has 4 rings (SSSR count). The minimum absolute atomic E-state index is 0.0252. The zero-order valence-corrected chi connectivity index (χ0v) is 16.6. The molecule has 1 N–H and O–H groups in total. The molecule has 156 valence electrons. The van der Waals surface area contributed by atoms with Crippen LogP contribution >= 0.6 is 0 Å². The van der Waals surface area contributed by atoms with Gasteiger partial charge in [0.15, 0.2) is 11.6 Å². The maximum Gasteiger partial charge on any atom is 0.323 e. The third-order valence-corrected chi connectivity index (χ3v) is 5.56. The fourth-order valence-electron chi connectivity index (χ4n) is 3.60. The molecule has 1 aromatic carbocycles. The number of carbonyl (C=O) groups excluding carboxylic acids is 3. The number of urea groups is 1. The first kappa shape index (κ1) is 19.7. The lowest BCUT2D eigenvalue weighted by molar-refractivity contribution is -0.146. The van der Waals surface area contributed by atoms with Crippen molar-refractivity contribution in [3.63, 3.8) is 0 Å². The molecule has 3 heterocycles. The summed E-state index contributed by atoms with van der Waals surface area (Å²) in [5.74, 6) is -2.18. The van der Waals surface area contributed by atoms with E-state index in [2.05, 4.69) is 15.3 Å². The van der Waals surface area contributed by atoms with Gasteiger partial charge in [0.2, 0.25) is 11.8 Å². The van der Waals surface area contributed by atoms with E-state index in [-0.39, 0.29) is 30.0 Å². The molecule has 2 saturated heterocycles. The highest BCUT2D eigenvalue weighted by Crippen LogP contribution is 2.29. The van der Waals surface area contributed by atoms with Gasteiger partial charge < -0.3 is 15.1 Å². The van der Waals surface area contributed by atoms with Crippen LogP contribution in [0.4, 0.5) is 15.0 Å². The number of nitrogens with zero attached hydrogens (tertiary/aromatic N) is 5. The van der Waals surface area contributed by atoms with Crippen molar-refractivity contribution in [2.45, 2.75) is 6.04 Å². The molecule has 1 atom stereocenters. The van der Waals surface area contributed by atoms with Gasteiger partial charge >= 0.3 is 6.03 Å². The van der Waals surface area contributed by atoms with Gasteiger partial charge in [-0.1, -0.05) is 30.3 Å². The summed E-state index contributed by atoms with van der Waals surface area (Å²) in [6, 6.07) is 8.30. The minimum Gasteiger partial charge on any atom is -0.350 e. The standard InChI is InChI=1S/C20H21FN6O3/c1-25(18(28)14-8-22-20(30)26(2)19(14)29)13-9-27(10-13)17-15(21)16(23-11-24-17)12-6-4-3-5-7-12/h3-7,11,13-14H,8-10H2,1-2H3,(H,22,30). The molecule has 0 saturated carbocycles. The number of aromatic nitrogens is 2. The van der Waals surface area contributed by atoms with E-state index >= 15 is 4.39 Å². The first-order valence-electron chi connectivity index (χ1n) is 9.51. The van der Waals surface area contributed by atoms with Gasteiger partial charge in [0.25, 0.3) is 0 Å². The van der Waals surface area contributed by atoms with E-state index in [1.807, 2.05) is 18.2 Å². The van der Waals surface area contributed by atoms with Crippen molar-refractivity contribution < 1.29 is 18.8 Å². The molecule has 4 amide bonds. The molecule has 9 nitrogen and oxygen atoms in total. The first-order valence-corrected chi connectivity index (χ1v) is 9.51. The fourth-order valence-corrected chi connectivity index (χ4v) is 3.60. The number of amides is 4. The third-order valence-electron chi connectivity index (χ3n) is 5.56. The zero-order valence-electron chi connectivity index (χ0n) is 16.6. The molecule has 0 radical (unpaired) electrons. The lowest BCUT2D eigenvalue weighted by atomic mass is 10.0. The van der Waals surface area contributed by atoms with E-state index in [4.69, 9.17) is 0 Å². The van der Waals surface area contributed by atoms with Crippen LogP contribution in [0.3, 0.4) is 0 Å². The van der Waals surface area contributed by atoms with Crippen molar-refractivity contribution in [2.24, 2.45) is 5.92 Å². The maximum absolute atomic E-state index is 15.0. The van der Waals surface area contributed by atoms with Crippen LogP contribution in [0.2, 0.25) is 0 Å². The van der Waals surface area contributed by atoms with Gasteiger partial charge in [0.1, 0.15) is 17.9 Å². The first-order chi connectivity index (χ1) is 14.4. The average Bonchev–Trinajstić information content (AvgIpc) is 2.72. The average molecular weight is 412 g/mol. The third kappa shape index (κ3) is 3.34. The van der Waals surface area contributed by atoms with Gasteiger partial charge in [0.05, 0.1) is 6.04 Å². The number of benzene rings is 1. The van der Waals surface area contributed by atoms with E-state index in [0.717, 1.165) is 4.90 Å². The number of halogens is 1. The van der Waals surface area contributed by atoms with Crippen molar-refractivity contribution in [3.8, 4) is 11.3 Å². The monoisotopic (exact) mass is 412 g/mol. The van der Waals surface area contributed by atoms with E-state index in [1.54, 1.807) is 24.1 Å². The highest BCUT2D eigenvalue weighted by molar-refractivity contribution is 6.08. The van der Waals surface area contributed by atoms with Crippen molar-refractivity contribution >= 4 is 23.7 Å². The highest BCUT2D eigenvalue weighted by atomic mass is 19.1. The molecule has 1 unspecified atom stereocenters. The van der Waals surface area contributed by atoms with Crippen LogP contribution in [0.1, 0.15) is 0 Å². The number of hydrogen-bond donors (Lipinski definition) is 1. The minimum atomic E-state index is -0.952. The summed E-state index contributed by atoms with van der Waals surface area (Å²) in [6.45, 7) is 0.740. The van der Waals surface area contributed by atoms with Gasteiger partial charge in [-0.25, -0.2) is 19.2 Å². The summed E-state index contributed by atoms with van der Waals surface area (Å²) in [4.78, 5) is 48.8. The molecular weight excluding hydrogens is 391 g/mol. The van der Waals surface area contributed by atoms with Crippen molar-refractivity contribution in [1.29, 1.82) is 0 Å². The van der Waals surface area contributed by atoms with Crippen LogP contribution in [-0.2, 0) is 9.59 Å². The quantitative estimate of drug-likeness (QED) is 0.744. The van der Waals surface area contributed by atoms with Gasteiger partial charge in [-0.15, -0.1) is 0 Å². The number of rotatable bonds is 4. The van der Waals surface area contributed by atoms with E-state index < -0.39 is 23.7 Å². The summed E-state index contributed by atoms with van der Waals surface area (Å²) >= 11 is 0. The summed E-state index contributed by atoms with van der Waals surface area (Å²) in [5.41, 5.74) is 0.880. The van der Waals surface area contributed by atoms with E-state index in [0.29, 0.717) is 18.7 Å². The molecule has 0 spiro atoms. The van der Waals surface area contributed by atoms with Gasteiger partial charge in [-0.2, -0.15) is 0 Å². The smallest absolute Gasteiger partial charge is 0.323 e. The summed E-state index contributed by atoms with van der Waals surface area (Å²) in [5, 5.41) is 2.53. The lowest BCUT2D eigenvalue weighted by Crippen LogP contribution is -2.64. The molecule has 0 aliphatic carbocycles. The van der Waals surface area contributed by atoms with Crippen LogP contribution in [0.15, 0.2) is 36.7 Å². The molecule has 2 aliphatic heterocycles. The Labute approximate surface area is 172 Å². The van der Waals surface area contributed by atoms with Gasteiger partial charge in [-0.3, -0.25) is 14.5 Å². The topological polar surface area (TPSA) is 98.7 Å². The van der Waals surface area contributed by atoms with Gasteiger partial charge in [-0.05, 0) is 0 Å². The lowest BCUT2D eigenvalue weighted by Gasteiger charge is -2.45. The molecule has 10 heteroatoms. The Morgan fingerprint density at radius 1 is 1.20 bits per heavy atom. The summed E-state index contributed by atoms with van der Waals surface area (Å²) < 4.78 is 15.0. The number of carbonyl (C=O) groups is 3. The number of hydrogen-bond acceptors (Lipinski definition) is 6. The van der Waals surface area contributed by atoms with Crippen LogP contribution in [0.5, 0.6) is 0 Å². The second-order valence-electron chi connectivity index (χ2n) is 7.37. The van der Waals surface area contributed by atoms with Crippen LogP contribution in [0, 0.1) is 11.7 Å². The summed E-state index contributed by atoms with van der Waals surface area (Å²) in [6.07, 6.45) is 1.32. The second-order valence-corrected chi connectivity index (χ2v) is 7.37. The van der Waals surface area contributed by atoms with Crippen LogP contribution in [-0.4, -0.2) is 77.4 Å². The second kappa shape index (κ2) is 7.69. The molecular formula is C20H21FN6O3. The Kier molecular flexibility index (Phi) is 5.06. The molecule has 2 aromatic rings. The number of imide groups is 1. The predicted octanol–water partition coefficient (Wildman–Crippen LogP) is 0.728. The Morgan fingerprint density at radius 3 is 2.60 bits per heavy atom. The maximum atomic E-state index is 15.0. The number of likely N-dealkylation sites (N-methyl/N-ethyl adjacent to an activating group) is 1. The Bertz CT molecular complexity index is 995. The van der Waals surface area contributed by atoms with Gasteiger partial charge in [0, 0.05) is 39.3 Å². The molecule has 2 aliphatic rings. The normalized spacial score (nSPS) is 19.4.